The summed E-state index contributed by atoms with van der Waals surface area (Å²) in [7, 11) is 0. The Hall–Kier alpha value is -1.22. The molecule has 0 saturated heterocycles. The van der Waals surface area contributed by atoms with Crippen LogP contribution in [0.15, 0.2) is 42.0 Å². The smallest absolute Gasteiger partial charge is 0.125 e. The highest BCUT2D eigenvalue weighted by atomic mass is 32.2. The van der Waals surface area contributed by atoms with Crippen LogP contribution in [0.5, 0.6) is 0 Å². The van der Waals surface area contributed by atoms with Crippen LogP contribution in [0.4, 0.5) is 10.1 Å². The van der Waals surface area contributed by atoms with Gasteiger partial charge in [-0.3, -0.25) is 0 Å². The maximum absolute atomic E-state index is 13.0. The van der Waals surface area contributed by atoms with Crippen LogP contribution < -0.4 is 5.32 Å². The molecule has 0 saturated carbocycles. The Morgan fingerprint density at radius 2 is 2.07 bits per heavy atom. The minimum Gasteiger partial charge on any atom is -0.355 e. The molecule has 0 bridgehead atoms. The monoisotopic (exact) mass is 223 g/mol. The van der Waals surface area contributed by atoms with E-state index in [2.05, 4.69) is 18.5 Å². The molecule has 0 spiro atoms. The van der Waals surface area contributed by atoms with Crippen molar-refractivity contribution in [1.29, 1.82) is 0 Å². The molecule has 0 aliphatic rings. The summed E-state index contributed by atoms with van der Waals surface area (Å²) in [6.07, 6.45) is 1.92. The number of rotatable bonds is 4. The zero-order chi connectivity index (χ0) is 11.4. The van der Waals surface area contributed by atoms with E-state index in [9.17, 15) is 4.39 Å². The summed E-state index contributed by atoms with van der Waals surface area (Å²) in [5.74, 6) is -0.259. The zero-order valence-electron chi connectivity index (χ0n) is 8.93. The first kappa shape index (κ1) is 11.9. The average Bonchev–Trinajstić information content (AvgIpc) is 2.22. The van der Waals surface area contributed by atoms with Crippen molar-refractivity contribution in [3.05, 3.63) is 53.3 Å². The summed E-state index contributed by atoms with van der Waals surface area (Å²) in [6, 6.07) is 4.62. The summed E-state index contributed by atoms with van der Waals surface area (Å²) < 4.78 is 13.0. The molecule has 0 amide bonds. The summed E-state index contributed by atoms with van der Waals surface area (Å²) in [4.78, 5) is 0.846. The molecular weight excluding hydrogens is 209 g/mol. The fourth-order valence-corrected chi connectivity index (χ4v) is 1.38. The van der Waals surface area contributed by atoms with E-state index >= 15 is 0 Å². The Morgan fingerprint density at radius 3 is 2.67 bits per heavy atom. The second-order valence-electron chi connectivity index (χ2n) is 3.19. The molecule has 1 nitrogen and oxygen atoms in total. The lowest BCUT2D eigenvalue weighted by Crippen LogP contribution is -2.00. The van der Waals surface area contributed by atoms with Crippen LogP contribution in [0.2, 0.25) is 0 Å². The largest absolute Gasteiger partial charge is 0.355 e. The van der Waals surface area contributed by atoms with Crippen molar-refractivity contribution >= 4 is 17.4 Å². The van der Waals surface area contributed by atoms with Gasteiger partial charge in [0.1, 0.15) is 5.82 Å². The standard InChI is InChI=1S/C12H14FNS/c1-8-5-6-11(13)7-12(8)14-9(2)10(3)15-4/h5-7,14H,2-3H2,1,4H3. The van der Waals surface area contributed by atoms with Gasteiger partial charge in [0.25, 0.3) is 0 Å². The molecule has 3 heteroatoms. The number of aryl methyl sites for hydroxylation is 1. The minimum atomic E-state index is -0.259. The molecule has 0 aliphatic heterocycles. The second-order valence-corrected chi connectivity index (χ2v) is 4.09. The fraction of sp³-hybridized carbons (Fsp3) is 0.167. The number of thioether (sulfide) groups is 1. The molecule has 0 aliphatic carbocycles. The van der Waals surface area contributed by atoms with Gasteiger partial charge in [-0.2, -0.15) is 0 Å². The molecular formula is C12H14FNS. The number of nitrogens with one attached hydrogen (secondary N) is 1. The van der Waals surface area contributed by atoms with Gasteiger partial charge in [0.15, 0.2) is 0 Å². The van der Waals surface area contributed by atoms with Crippen LogP contribution in [0.25, 0.3) is 0 Å². The Morgan fingerprint density at radius 1 is 1.40 bits per heavy atom. The van der Waals surface area contributed by atoms with Crippen LogP contribution >= 0.6 is 11.8 Å². The first-order valence-electron chi connectivity index (χ1n) is 4.50. The number of hydrogen-bond acceptors (Lipinski definition) is 2. The van der Waals surface area contributed by atoms with Crippen molar-refractivity contribution in [3.8, 4) is 0 Å². The van der Waals surface area contributed by atoms with E-state index in [4.69, 9.17) is 0 Å². The van der Waals surface area contributed by atoms with Crippen molar-refractivity contribution < 1.29 is 4.39 Å². The van der Waals surface area contributed by atoms with E-state index in [-0.39, 0.29) is 5.82 Å². The minimum absolute atomic E-state index is 0.259. The molecule has 1 aromatic carbocycles. The number of benzene rings is 1. The van der Waals surface area contributed by atoms with Crippen LogP contribution in [0.3, 0.4) is 0 Å². The van der Waals surface area contributed by atoms with E-state index in [1.54, 1.807) is 6.07 Å². The quantitative estimate of drug-likeness (QED) is 0.776. The normalized spacial score (nSPS) is 9.80. The maximum Gasteiger partial charge on any atom is 0.125 e. The predicted molar refractivity (Wildman–Crippen MR) is 66.6 cm³/mol. The van der Waals surface area contributed by atoms with E-state index in [1.807, 2.05) is 13.2 Å². The summed E-state index contributed by atoms with van der Waals surface area (Å²) in [5.41, 5.74) is 2.41. The molecule has 0 atom stereocenters. The maximum atomic E-state index is 13.0. The van der Waals surface area contributed by atoms with Gasteiger partial charge in [0.2, 0.25) is 0 Å². The first-order chi connectivity index (χ1) is 7.04. The van der Waals surface area contributed by atoms with E-state index in [0.717, 1.165) is 16.2 Å². The second kappa shape index (κ2) is 5.03. The van der Waals surface area contributed by atoms with Crippen molar-refractivity contribution in [2.75, 3.05) is 11.6 Å². The van der Waals surface area contributed by atoms with Crippen LogP contribution in [0.1, 0.15) is 5.56 Å². The molecule has 1 rings (SSSR count). The van der Waals surface area contributed by atoms with Gasteiger partial charge in [-0.15, -0.1) is 11.8 Å². The third-order valence-corrected chi connectivity index (χ3v) is 2.81. The highest BCUT2D eigenvalue weighted by Crippen LogP contribution is 2.23. The van der Waals surface area contributed by atoms with Crippen LogP contribution in [0, 0.1) is 12.7 Å². The SMILES string of the molecule is C=C(Nc1cc(F)ccc1C)C(=C)SC. The first-order valence-corrected chi connectivity index (χ1v) is 5.72. The molecule has 1 N–H and O–H groups in total. The van der Waals surface area contributed by atoms with E-state index in [0.29, 0.717) is 5.70 Å². The number of hydrogen-bond donors (Lipinski definition) is 1. The Balaban J connectivity index is 2.85. The lowest BCUT2D eigenvalue weighted by molar-refractivity contribution is 0.628. The average molecular weight is 223 g/mol. The Kier molecular flexibility index (Phi) is 3.97. The van der Waals surface area contributed by atoms with Gasteiger partial charge in [-0.1, -0.05) is 19.2 Å². The van der Waals surface area contributed by atoms with Gasteiger partial charge in [0.05, 0.1) is 0 Å². The van der Waals surface area contributed by atoms with E-state index < -0.39 is 0 Å². The number of anilines is 1. The van der Waals surface area contributed by atoms with Crippen LogP contribution in [-0.2, 0) is 0 Å². The van der Waals surface area contributed by atoms with Crippen molar-refractivity contribution in [2.45, 2.75) is 6.92 Å². The highest BCUT2D eigenvalue weighted by Gasteiger charge is 2.03. The number of halogens is 1. The predicted octanol–water partition coefficient (Wildman–Crippen LogP) is 3.94. The Bertz CT molecular complexity index is 399. The van der Waals surface area contributed by atoms with Gasteiger partial charge in [0, 0.05) is 16.3 Å². The summed E-state index contributed by atoms with van der Waals surface area (Å²) in [6.45, 7) is 9.58. The molecule has 0 unspecified atom stereocenters. The molecule has 80 valence electrons. The van der Waals surface area contributed by atoms with Gasteiger partial charge in [-0.25, -0.2) is 4.39 Å². The third-order valence-electron chi connectivity index (χ3n) is 2.07. The molecule has 0 aromatic heterocycles. The van der Waals surface area contributed by atoms with Crippen LogP contribution in [-0.4, -0.2) is 6.26 Å². The molecule has 0 fully saturated rings. The zero-order valence-corrected chi connectivity index (χ0v) is 9.75. The lowest BCUT2D eigenvalue weighted by Gasteiger charge is -2.12. The molecule has 0 heterocycles. The fourth-order valence-electron chi connectivity index (χ4n) is 1.08. The summed E-state index contributed by atoms with van der Waals surface area (Å²) in [5, 5.41) is 3.05. The van der Waals surface area contributed by atoms with Gasteiger partial charge < -0.3 is 5.32 Å². The third kappa shape index (κ3) is 3.13. The highest BCUT2D eigenvalue weighted by molar-refractivity contribution is 8.02. The van der Waals surface area contributed by atoms with E-state index in [1.165, 1.54) is 23.9 Å². The van der Waals surface area contributed by atoms with Crippen molar-refractivity contribution in [1.82, 2.24) is 0 Å². The Labute approximate surface area is 94.1 Å². The van der Waals surface area contributed by atoms with Crippen molar-refractivity contribution in [3.63, 3.8) is 0 Å². The summed E-state index contributed by atoms with van der Waals surface area (Å²) >= 11 is 1.51. The van der Waals surface area contributed by atoms with Gasteiger partial charge >= 0.3 is 0 Å². The topological polar surface area (TPSA) is 12.0 Å². The lowest BCUT2D eigenvalue weighted by atomic mass is 10.2. The van der Waals surface area contributed by atoms with Crippen molar-refractivity contribution in [2.24, 2.45) is 0 Å². The molecule has 15 heavy (non-hydrogen) atoms. The van der Waals surface area contributed by atoms with Gasteiger partial charge in [-0.05, 0) is 30.9 Å². The molecule has 0 radical (unpaired) electrons. The molecule has 1 aromatic rings.